The molecular formula is C22H29N3O4S. The highest BCUT2D eigenvalue weighted by Crippen LogP contribution is 2.40. The van der Waals surface area contributed by atoms with Crippen molar-refractivity contribution in [3.8, 4) is 0 Å². The number of esters is 1. The van der Waals surface area contributed by atoms with Crippen LogP contribution >= 0.6 is 11.3 Å². The number of carbonyl (C=O) groups excluding carboxylic acids is 2. The molecule has 1 amide bonds. The molecular weight excluding hydrogens is 402 g/mol. The van der Waals surface area contributed by atoms with Gasteiger partial charge in [0.2, 0.25) is 5.91 Å². The SMILES string of the molecule is COC(=O)c1c(NC(=O)CN2CCN(Cc3ccco3)CC2)sc2c1CCC(C)C2. The fraction of sp³-hybridized carbons (Fsp3) is 0.545. The zero-order valence-electron chi connectivity index (χ0n) is 17.6. The highest BCUT2D eigenvalue weighted by Gasteiger charge is 2.29. The number of ether oxygens (including phenoxy) is 1. The second-order valence-electron chi connectivity index (χ2n) is 8.23. The monoisotopic (exact) mass is 431 g/mol. The quantitative estimate of drug-likeness (QED) is 0.709. The van der Waals surface area contributed by atoms with E-state index in [4.69, 9.17) is 9.15 Å². The standard InChI is InChI=1S/C22H29N3O4S/c1-15-5-6-17-18(12-15)30-21(20(17)22(27)28-2)23-19(26)14-25-9-7-24(8-10-25)13-16-4-3-11-29-16/h3-4,11,15H,5-10,12-14H2,1-2H3,(H,23,26). The van der Waals surface area contributed by atoms with Gasteiger partial charge in [-0.15, -0.1) is 11.3 Å². The van der Waals surface area contributed by atoms with Gasteiger partial charge in [0.25, 0.3) is 0 Å². The average molecular weight is 432 g/mol. The van der Waals surface area contributed by atoms with Crippen molar-refractivity contribution in [3.05, 3.63) is 40.2 Å². The third kappa shape index (κ3) is 4.77. The third-order valence-corrected chi connectivity index (χ3v) is 7.12. The van der Waals surface area contributed by atoms with Crippen molar-refractivity contribution in [2.75, 3.05) is 45.2 Å². The van der Waals surface area contributed by atoms with Gasteiger partial charge in [0.15, 0.2) is 0 Å². The molecule has 1 aliphatic carbocycles. The van der Waals surface area contributed by atoms with Crippen LogP contribution in [0.5, 0.6) is 0 Å². The number of hydrogen-bond acceptors (Lipinski definition) is 7. The van der Waals surface area contributed by atoms with Gasteiger partial charge < -0.3 is 14.5 Å². The first-order valence-electron chi connectivity index (χ1n) is 10.5. The summed E-state index contributed by atoms with van der Waals surface area (Å²) in [7, 11) is 1.39. The molecule has 0 aromatic carbocycles. The van der Waals surface area contributed by atoms with Gasteiger partial charge in [0, 0.05) is 31.1 Å². The maximum absolute atomic E-state index is 12.7. The average Bonchev–Trinajstić information content (AvgIpc) is 3.35. The van der Waals surface area contributed by atoms with E-state index >= 15 is 0 Å². The van der Waals surface area contributed by atoms with E-state index < -0.39 is 0 Å². The molecule has 3 heterocycles. The van der Waals surface area contributed by atoms with Crippen molar-refractivity contribution >= 4 is 28.2 Å². The van der Waals surface area contributed by atoms with E-state index in [1.807, 2.05) is 12.1 Å². The Morgan fingerprint density at radius 1 is 1.27 bits per heavy atom. The number of nitrogens with zero attached hydrogens (tertiary/aromatic N) is 2. The van der Waals surface area contributed by atoms with Gasteiger partial charge in [0.1, 0.15) is 10.8 Å². The lowest BCUT2D eigenvalue weighted by molar-refractivity contribution is -0.117. The van der Waals surface area contributed by atoms with Crippen LogP contribution in [0.2, 0.25) is 0 Å². The van der Waals surface area contributed by atoms with Crippen LogP contribution in [0.1, 0.15) is 39.9 Å². The molecule has 30 heavy (non-hydrogen) atoms. The van der Waals surface area contributed by atoms with E-state index in [-0.39, 0.29) is 11.9 Å². The van der Waals surface area contributed by atoms with Gasteiger partial charge in [-0.3, -0.25) is 14.6 Å². The van der Waals surface area contributed by atoms with Gasteiger partial charge >= 0.3 is 5.97 Å². The normalized spacial score (nSPS) is 20.0. The molecule has 2 aromatic heterocycles. The lowest BCUT2D eigenvalue weighted by Crippen LogP contribution is -2.48. The summed E-state index contributed by atoms with van der Waals surface area (Å²) in [4.78, 5) is 30.8. The Labute approximate surface area is 181 Å². The summed E-state index contributed by atoms with van der Waals surface area (Å²) in [5, 5.41) is 3.64. The highest BCUT2D eigenvalue weighted by atomic mass is 32.1. The van der Waals surface area contributed by atoms with Crippen molar-refractivity contribution in [1.29, 1.82) is 0 Å². The summed E-state index contributed by atoms with van der Waals surface area (Å²) in [5.41, 5.74) is 1.62. The van der Waals surface area contributed by atoms with Crippen LogP contribution < -0.4 is 5.32 Å². The molecule has 0 bridgehead atoms. The Morgan fingerprint density at radius 3 is 2.73 bits per heavy atom. The minimum atomic E-state index is -0.358. The number of hydrogen-bond donors (Lipinski definition) is 1. The molecule has 1 fully saturated rings. The molecule has 0 saturated carbocycles. The van der Waals surface area contributed by atoms with Gasteiger partial charge in [0.05, 0.1) is 32.0 Å². The smallest absolute Gasteiger partial charge is 0.341 e. The summed E-state index contributed by atoms with van der Waals surface area (Å²) in [6.45, 7) is 6.80. The molecule has 1 saturated heterocycles. The maximum Gasteiger partial charge on any atom is 0.341 e. The van der Waals surface area contributed by atoms with E-state index in [9.17, 15) is 9.59 Å². The van der Waals surface area contributed by atoms with Gasteiger partial charge in [-0.05, 0) is 42.9 Å². The number of carbonyl (C=O) groups is 2. The van der Waals surface area contributed by atoms with Crippen LogP contribution in [0.3, 0.4) is 0 Å². The van der Waals surface area contributed by atoms with Crippen LogP contribution in [0, 0.1) is 5.92 Å². The molecule has 1 unspecified atom stereocenters. The van der Waals surface area contributed by atoms with Gasteiger partial charge in [-0.1, -0.05) is 6.92 Å². The number of furan rings is 1. The van der Waals surface area contributed by atoms with E-state index in [1.54, 1.807) is 6.26 Å². The number of methoxy groups -OCH3 is 1. The van der Waals surface area contributed by atoms with Crippen LogP contribution in [0.15, 0.2) is 22.8 Å². The topological polar surface area (TPSA) is 75.0 Å². The fourth-order valence-electron chi connectivity index (χ4n) is 4.25. The first kappa shape index (κ1) is 21.1. The molecule has 8 heteroatoms. The Balaban J connectivity index is 1.35. The molecule has 2 aromatic rings. The van der Waals surface area contributed by atoms with Crippen molar-refractivity contribution in [1.82, 2.24) is 9.80 Å². The van der Waals surface area contributed by atoms with Gasteiger partial charge in [-0.25, -0.2) is 4.79 Å². The molecule has 0 radical (unpaired) electrons. The van der Waals surface area contributed by atoms with Crippen molar-refractivity contribution in [2.24, 2.45) is 5.92 Å². The van der Waals surface area contributed by atoms with E-state index in [0.717, 1.165) is 63.3 Å². The second kappa shape index (κ2) is 9.32. The van der Waals surface area contributed by atoms with Crippen LogP contribution in [-0.4, -0.2) is 61.5 Å². The summed E-state index contributed by atoms with van der Waals surface area (Å²) in [6, 6.07) is 3.89. The van der Waals surface area contributed by atoms with Gasteiger partial charge in [-0.2, -0.15) is 0 Å². The Morgan fingerprint density at radius 2 is 2.03 bits per heavy atom. The molecule has 2 aliphatic rings. The zero-order chi connectivity index (χ0) is 21.1. The molecule has 7 nitrogen and oxygen atoms in total. The summed E-state index contributed by atoms with van der Waals surface area (Å²) in [5.74, 6) is 1.13. The molecule has 1 atom stereocenters. The predicted octanol–water partition coefficient (Wildman–Crippen LogP) is 3.01. The largest absolute Gasteiger partial charge is 0.468 e. The lowest BCUT2D eigenvalue weighted by Gasteiger charge is -2.33. The van der Waals surface area contributed by atoms with Crippen LogP contribution in [0.25, 0.3) is 0 Å². The fourth-order valence-corrected chi connectivity index (χ4v) is 5.67. The third-order valence-electron chi connectivity index (χ3n) is 5.95. The molecule has 1 N–H and O–H groups in total. The number of piperazine rings is 1. The molecule has 4 rings (SSSR count). The zero-order valence-corrected chi connectivity index (χ0v) is 18.4. The summed E-state index contributed by atoms with van der Waals surface area (Å²) in [6.07, 6.45) is 4.58. The molecule has 1 aliphatic heterocycles. The van der Waals surface area contributed by atoms with Crippen molar-refractivity contribution in [2.45, 2.75) is 32.7 Å². The van der Waals surface area contributed by atoms with Crippen LogP contribution in [0.4, 0.5) is 5.00 Å². The van der Waals surface area contributed by atoms with E-state index in [0.29, 0.717) is 23.0 Å². The first-order chi connectivity index (χ1) is 14.5. The van der Waals surface area contributed by atoms with Crippen molar-refractivity contribution < 1.29 is 18.7 Å². The molecule has 162 valence electrons. The number of rotatable bonds is 6. The summed E-state index contributed by atoms with van der Waals surface area (Å²) >= 11 is 1.53. The van der Waals surface area contributed by atoms with E-state index in [1.165, 1.54) is 23.3 Å². The minimum Gasteiger partial charge on any atom is -0.468 e. The Hall–Kier alpha value is -2.16. The van der Waals surface area contributed by atoms with E-state index in [2.05, 4.69) is 22.0 Å². The predicted molar refractivity (Wildman–Crippen MR) is 116 cm³/mol. The number of amides is 1. The van der Waals surface area contributed by atoms with Crippen LogP contribution in [-0.2, 0) is 28.9 Å². The minimum absolute atomic E-state index is 0.0775. The van der Waals surface area contributed by atoms with Crippen molar-refractivity contribution in [3.63, 3.8) is 0 Å². The number of anilines is 1. The maximum atomic E-state index is 12.7. The summed E-state index contributed by atoms with van der Waals surface area (Å²) < 4.78 is 10.4. The number of nitrogens with one attached hydrogen (secondary N) is 1. The number of thiophene rings is 1. The molecule has 0 spiro atoms. The Kier molecular flexibility index (Phi) is 6.55. The Bertz CT molecular complexity index is 885. The first-order valence-corrected chi connectivity index (χ1v) is 11.3. The highest BCUT2D eigenvalue weighted by molar-refractivity contribution is 7.17. The second-order valence-corrected chi connectivity index (χ2v) is 9.33. The number of fused-ring (bicyclic) bond motifs is 1. The lowest BCUT2D eigenvalue weighted by atomic mass is 9.88.